The van der Waals surface area contributed by atoms with Crippen LogP contribution in [0.3, 0.4) is 0 Å². The van der Waals surface area contributed by atoms with Crippen LogP contribution in [-0.2, 0) is 13.0 Å². The number of urea groups is 1. The maximum atomic E-state index is 13.0. The third-order valence-corrected chi connectivity index (χ3v) is 6.28. The van der Waals surface area contributed by atoms with Gasteiger partial charge in [-0.1, -0.05) is 48.0 Å². The molecular weight excluding hydrogens is 464 g/mol. The maximum Gasteiger partial charge on any atom is 0.322 e. The highest BCUT2D eigenvalue weighted by molar-refractivity contribution is 6.33. The van der Waals surface area contributed by atoms with E-state index in [2.05, 4.69) is 5.32 Å². The molecule has 176 valence electrons. The summed E-state index contributed by atoms with van der Waals surface area (Å²) >= 11 is 6.61. The van der Waals surface area contributed by atoms with Gasteiger partial charge in [0.05, 0.1) is 12.1 Å². The van der Waals surface area contributed by atoms with Crippen LogP contribution in [0, 0.1) is 0 Å². The van der Waals surface area contributed by atoms with Gasteiger partial charge in [-0.25, -0.2) is 4.79 Å². The molecule has 1 aromatic heterocycles. The predicted octanol–water partition coefficient (Wildman–Crippen LogP) is 5.61. The van der Waals surface area contributed by atoms with E-state index in [0.29, 0.717) is 30.0 Å². The van der Waals surface area contributed by atoms with Gasteiger partial charge < -0.3 is 25.3 Å². The molecule has 1 aliphatic heterocycles. The molecule has 0 fully saturated rings. The molecule has 3 aromatic carbocycles. The fourth-order valence-electron chi connectivity index (χ4n) is 4.28. The molecule has 0 atom stereocenters. The number of para-hydroxylation sites is 2. The first-order chi connectivity index (χ1) is 17.0. The number of rotatable bonds is 5. The number of primary amides is 1. The lowest BCUT2D eigenvalue weighted by Gasteiger charge is -2.28. The number of fused-ring (bicyclic) bond motifs is 1. The number of carbonyl (C=O) groups is 2. The molecule has 3 amide bonds. The highest BCUT2D eigenvalue weighted by Gasteiger charge is 2.31. The minimum absolute atomic E-state index is 0.230. The number of nitrogens with two attached hydrogens (primary N) is 1. The highest BCUT2D eigenvalue weighted by Crippen LogP contribution is 2.34. The first-order valence-corrected chi connectivity index (χ1v) is 11.5. The molecule has 0 radical (unpaired) electrons. The van der Waals surface area contributed by atoms with Crippen LogP contribution in [0.25, 0.3) is 5.69 Å². The van der Waals surface area contributed by atoms with Crippen molar-refractivity contribution in [2.75, 3.05) is 11.9 Å². The number of nitrogens with zero attached hydrogens (tertiary/aromatic N) is 2. The summed E-state index contributed by atoms with van der Waals surface area (Å²) in [4.78, 5) is 26.9. The summed E-state index contributed by atoms with van der Waals surface area (Å²) in [5, 5.41) is 3.18. The Labute approximate surface area is 207 Å². The van der Waals surface area contributed by atoms with Crippen molar-refractivity contribution in [1.29, 1.82) is 0 Å². The van der Waals surface area contributed by atoms with Crippen molar-refractivity contribution in [3.8, 4) is 17.2 Å². The van der Waals surface area contributed by atoms with Gasteiger partial charge in [-0.3, -0.25) is 4.79 Å². The van der Waals surface area contributed by atoms with Crippen LogP contribution in [0.2, 0.25) is 5.15 Å². The summed E-state index contributed by atoms with van der Waals surface area (Å²) < 4.78 is 7.64. The number of benzene rings is 3. The lowest BCUT2D eigenvalue weighted by Crippen LogP contribution is -2.39. The van der Waals surface area contributed by atoms with Gasteiger partial charge in [0.25, 0.3) is 5.91 Å². The first-order valence-electron chi connectivity index (χ1n) is 11.2. The Hall–Kier alpha value is -4.23. The first kappa shape index (κ1) is 22.6. The smallest absolute Gasteiger partial charge is 0.322 e. The zero-order valence-electron chi connectivity index (χ0n) is 18.8. The maximum absolute atomic E-state index is 13.0. The summed E-state index contributed by atoms with van der Waals surface area (Å²) in [7, 11) is 0. The third-order valence-electron chi connectivity index (χ3n) is 5.92. The normalized spacial score (nSPS) is 12.7. The average molecular weight is 487 g/mol. The van der Waals surface area contributed by atoms with Crippen LogP contribution in [0.4, 0.5) is 10.5 Å². The van der Waals surface area contributed by atoms with Gasteiger partial charge in [-0.15, -0.1) is 0 Å². The van der Waals surface area contributed by atoms with Crippen LogP contribution >= 0.6 is 11.6 Å². The standard InChI is InChI=1S/C27H23ClN4O3/c28-25-24(26(29)33)22-17-31(16-15-23(22)32(25)19-7-3-1-4-8-19)27(34)30-18-11-13-21(14-12-18)35-20-9-5-2-6-10-20/h1-14H,15-17H2,(H2,29,33)(H,30,34). The van der Waals surface area contributed by atoms with Crippen molar-refractivity contribution >= 4 is 29.2 Å². The Balaban J connectivity index is 1.33. The number of hydrogen-bond donors (Lipinski definition) is 2. The fraction of sp³-hybridized carbons (Fsp3) is 0.111. The quantitative estimate of drug-likeness (QED) is 0.384. The number of halogens is 1. The average Bonchev–Trinajstić information content (AvgIpc) is 3.17. The second kappa shape index (κ2) is 9.56. The van der Waals surface area contributed by atoms with E-state index >= 15 is 0 Å². The molecule has 0 saturated carbocycles. The molecule has 2 heterocycles. The molecule has 0 aliphatic carbocycles. The molecule has 35 heavy (non-hydrogen) atoms. The minimum Gasteiger partial charge on any atom is -0.457 e. The molecule has 0 bridgehead atoms. The van der Waals surface area contributed by atoms with Crippen LogP contribution < -0.4 is 15.8 Å². The molecule has 0 saturated heterocycles. The van der Waals surface area contributed by atoms with Gasteiger partial charge in [-0.05, 0) is 48.5 Å². The summed E-state index contributed by atoms with van der Waals surface area (Å²) in [6.45, 7) is 0.702. The lowest BCUT2D eigenvalue weighted by atomic mass is 10.0. The number of aromatic nitrogens is 1. The number of amides is 3. The van der Waals surface area contributed by atoms with Crippen molar-refractivity contribution < 1.29 is 14.3 Å². The molecule has 1 aliphatic rings. The van der Waals surface area contributed by atoms with Crippen LogP contribution in [-0.4, -0.2) is 28.0 Å². The van der Waals surface area contributed by atoms with Crippen molar-refractivity contribution in [2.45, 2.75) is 13.0 Å². The molecule has 5 rings (SSSR count). The molecule has 3 N–H and O–H groups in total. The molecular formula is C27H23ClN4O3. The summed E-state index contributed by atoms with van der Waals surface area (Å²) in [6.07, 6.45) is 0.536. The van der Waals surface area contributed by atoms with E-state index in [1.165, 1.54) is 0 Å². The highest BCUT2D eigenvalue weighted by atomic mass is 35.5. The van der Waals surface area contributed by atoms with E-state index in [1.54, 1.807) is 29.2 Å². The topological polar surface area (TPSA) is 89.6 Å². The van der Waals surface area contributed by atoms with Crippen molar-refractivity contribution in [1.82, 2.24) is 9.47 Å². The Kier molecular flexibility index (Phi) is 6.16. The third kappa shape index (κ3) is 4.58. The van der Waals surface area contributed by atoms with E-state index in [1.807, 2.05) is 65.2 Å². The van der Waals surface area contributed by atoms with Gasteiger partial charge in [0, 0.05) is 35.6 Å². The van der Waals surface area contributed by atoms with Crippen molar-refractivity contribution in [3.05, 3.63) is 107 Å². The predicted molar refractivity (Wildman–Crippen MR) is 135 cm³/mol. The molecule has 8 heteroatoms. The Morgan fingerprint density at radius 1 is 0.886 bits per heavy atom. The van der Waals surface area contributed by atoms with E-state index in [0.717, 1.165) is 17.1 Å². The van der Waals surface area contributed by atoms with Crippen molar-refractivity contribution in [2.24, 2.45) is 5.73 Å². The second-order valence-corrected chi connectivity index (χ2v) is 8.53. The Bertz CT molecular complexity index is 1370. The monoisotopic (exact) mass is 486 g/mol. The van der Waals surface area contributed by atoms with E-state index < -0.39 is 5.91 Å². The van der Waals surface area contributed by atoms with Crippen LogP contribution in [0.15, 0.2) is 84.9 Å². The lowest BCUT2D eigenvalue weighted by molar-refractivity contribution is 0.0998. The number of hydrogen-bond acceptors (Lipinski definition) is 3. The van der Waals surface area contributed by atoms with Crippen molar-refractivity contribution in [3.63, 3.8) is 0 Å². The Morgan fingerprint density at radius 3 is 2.17 bits per heavy atom. The molecule has 4 aromatic rings. The largest absolute Gasteiger partial charge is 0.457 e. The van der Waals surface area contributed by atoms with Gasteiger partial charge in [0.1, 0.15) is 16.7 Å². The zero-order chi connectivity index (χ0) is 24.4. The molecule has 0 unspecified atom stereocenters. The van der Waals surface area contributed by atoms with Crippen LogP contribution in [0.1, 0.15) is 21.6 Å². The SMILES string of the molecule is NC(=O)c1c2c(n(-c3ccccc3)c1Cl)CCN(C(=O)Nc1ccc(Oc3ccccc3)cc1)C2. The second-order valence-electron chi connectivity index (χ2n) is 8.17. The van der Waals surface area contributed by atoms with Gasteiger partial charge in [-0.2, -0.15) is 0 Å². The molecule has 7 nitrogen and oxygen atoms in total. The number of nitrogens with one attached hydrogen (secondary N) is 1. The summed E-state index contributed by atoms with van der Waals surface area (Å²) in [6, 6.07) is 25.9. The number of ether oxygens (including phenoxy) is 1. The number of anilines is 1. The number of carbonyl (C=O) groups excluding carboxylic acids is 2. The van der Waals surface area contributed by atoms with E-state index in [9.17, 15) is 9.59 Å². The molecule has 0 spiro atoms. The van der Waals surface area contributed by atoms with Gasteiger partial charge in [0.15, 0.2) is 0 Å². The minimum atomic E-state index is -0.614. The van der Waals surface area contributed by atoms with E-state index in [-0.39, 0.29) is 23.3 Å². The van der Waals surface area contributed by atoms with E-state index in [4.69, 9.17) is 22.1 Å². The summed E-state index contributed by atoms with van der Waals surface area (Å²) in [5.41, 5.74) is 8.98. The zero-order valence-corrected chi connectivity index (χ0v) is 19.5. The summed E-state index contributed by atoms with van der Waals surface area (Å²) in [5.74, 6) is 0.789. The van der Waals surface area contributed by atoms with Gasteiger partial charge in [0.2, 0.25) is 0 Å². The van der Waals surface area contributed by atoms with Gasteiger partial charge >= 0.3 is 6.03 Å². The van der Waals surface area contributed by atoms with Crippen LogP contribution in [0.5, 0.6) is 11.5 Å². The Morgan fingerprint density at radius 2 is 1.51 bits per heavy atom. The fourth-order valence-corrected chi connectivity index (χ4v) is 4.69.